The second kappa shape index (κ2) is 4.06. The van der Waals surface area contributed by atoms with Crippen LogP contribution in [0.15, 0.2) is 6.07 Å². The van der Waals surface area contributed by atoms with Gasteiger partial charge in [0.05, 0.1) is 10.6 Å². The van der Waals surface area contributed by atoms with Gasteiger partial charge in [-0.2, -0.15) is 0 Å². The molecule has 0 saturated heterocycles. The van der Waals surface area contributed by atoms with Crippen LogP contribution in [0, 0.1) is 0 Å². The number of nitrogens with two attached hydrogens (primary N) is 1. The zero-order valence-electron chi connectivity index (χ0n) is 6.60. The molecular formula is C7H4Cl2F2N2O. The van der Waals surface area contributed by atoms with E-state index in [1.165, 1.54) is 0 Å². The number of carbonyl (C=O) groups excluding carboxylic acids is 1. The van der Waals surface area contributed by atoms with Crippen molar-refractivity contribution in [2.75, 3.05) is 5.73 Å². The molecule has 7 heteroatoms. The summed E-state index contributed by atoms with van der Waals surface area (Å²) in [6.07, 6.45) is -2.88. The Morgan fingerprint density at radius 1 is 1.57 bits per heavy atom. The van der Waals surface area contributed by atoms with E-state index in [4.69, 9.17) is 28.9 Å². The summed E-state index contributed by atoms with van der Waals surface area (Å²) in [7, 11) is 0. The summed E-state index contributed by atoms with van der Waals surface area (Å²) in [5.74, 6) is -0.208. The third-order valence-electron chi connectivity index (χ3n) is 1.45. The van der Waals surface area contributed by atoms with Crippen LogP contribution in [0.2, 0.25) is 5.02 Å². The van der Waals surface area contributed by atoms with E-state index in [2.05, 4.69) is 4.98 Å². The summed E-state index contributed by atoms with van der Waals surface area (Å²) in [5, 5.41) is -1.23. The summed E-state index contributed by atoms with van der Waals surface area (Å²) in [5.41, 5.74) is 4.04. The number of hydrogen-bond acceptors (Lipinski definition) is 3. The molecule has 14 heavy (non-hydrogen) atoms. The molecule has 2 N–H and O–H groups in total. The molecule has 1 aromatic rings. The lowest BCUT2D eigenvalue weighted by molar-refractivity contribution is 0.106. The van der Waals surface area contributed by atoms with E-state index in [1.54, 1.807) is 0 Å². The van der Waals surface area contributed by atoms with Gasteiger partial charge in [-0.05, 0) is 17.7 Å². The first-order valence-corrected chi connectivity index (χ1v) is 4.13. The first-order chi connectivity index (χ1) is 6.43. The molecule has 0 unspecified atom stereocenters. The van der Waals surface area contributed by atoms with Crippen LogP contribution in [-0.4, -0.2) is 10.2 Å². The molecule has 0 fully saturated rings. The van der Waals surface area contributed by atoms with Crippen LogP contribution in [0.4, 0.5) is 14.6 Å². The van der Waals surface area contributed by atoms with Gasteiger partial charge in [0, 0.05) is 0 Å². The van der Waals surface area contributed by atoms with Gasteiger partial charge >= 0.3 is 0 Å². The highest BCUT2D eigenvalue weighted by Gasteiger charge is 2.20. The monoisotopic (exact) mass is 240 g/mol. The SMILES string of the molecule is Nc1nc(C(=O)Cl)c(C(F)F)cc1Cl. The first-order valence-electron chi connectivity index (χ1n) is 3.37. The Balaban J connectivity index is 3.39. The summed E-state index contributed by atoms with van der Waals surface area (Å²) in [6.45, 7) is 0. The average molecular weight is 241 g/mol. The molecule has 0 aliphatic carbocycles. The number of nitrogens with zero attached hydrogens (tertiary/aromatic N) is 1. The Bertz CT molecular complexity index is 384. The van der Waals surface area contributed by atoms with E-state index in [9.17, 15) is 13.6 Å². The Kier molecular flexibility index (Phi) is 3.23. The summed E-state index contributed by atoms with van der Waals surface area (Å²) < 4.78 is 24.7. The summed E-state index contributed by atoms with van der Waals surface area (Å²) >= 11 is 10.5. The normalized spacial score (nSPS) is 10.6. The second-order valence-electron chi connectivity index (χ2n) is 2.37. The minimum absolute atomic E-state index is 0.137. The molecule has 0 aliphatic rings. The lowest BCUT2D eigenvalue weighted by atomic mass is 10.2. The highest BCUT2D eigenvalue weighted by Crippen LogP contribution is 2.28. The summed E-state index contributed by atoms with van der Waals surface area (Å²) in [4.78, 5) is 14.1. The molecule has 0 atom stereocenters. The minimum atomic E-state index is -2.88. The van der Waals surface area contributed by atoms with Gasteiger partial charge < -0.3 is 5.73 Å². The van der Waals surface area contributed by atoms with E-state index < -0.39 is 22.9 Å². The van der Waals surface area contributed by atoms with Gasteiger partial charge in [0.2, 0.25) is 0 Å². The predicted molar refractivity (Wildman–Crippen MR) is 48.8 cm³/mol. The van der Waals surface area contributed by atoms with Crippen molar-refractivity contribution in [2.24, 2.45) is 0 Å². The zero-order chi connectivity index (χ0) is 10.9. The van der Waals surface area contributed by atoms with Crippen molar-refractivity contribution < 1.29 is 13.6 Å². The van der Waals surface area contributed by atoms with Crippen molar-refractivity contribution in [3.05, 3.63) is 22.3 Å². The number of halogens is 4. The molecule has 0 radical (unpaired) electrons. The Hall–Kier alpha value is -0.940. The first kappa shape index (κ1) is 11.1. The van der Waals surface area contributed by atoms with E-state index in [1.807, 2.05) is 0 Å². The Labute approximate surface area is 87.8 Å². The van der Waals surface area contributed by atoms with Crippen molar-refractivity contribution in [1.29, 1.82) is 0 Å². The van der Waals surface area contributed by atoms with Crippen LogP contribution < -0.4 is 5.73 Å². The molecule has 1 rings (SSSR count). The van der Waals surface area contributed by atoms with E-state index in [0.29, 0.717) is 0 Å². The maximum atomic E-state index is 12.3. The number of carbonyl (C=O) groups is 1. The quantitative estimate of drug-likeness (QED) is 0.809. The molecule has 3 nitrogen and oxygen atoms in total. The number of hydrogen-bond donors (Lipinski definition) is 1. The molecule has 0 aliphatic heterocycles. The Morgan fingerprint density at radius 3 is 2.57 bits per heavy atom. The fourth-order valence-electron chi connectivity index (χ4n) is 0.841. The van der Waals surface area contributed by atoms with Crippen molar-refractivity contribution in [2.45, 2.75) is 6.43 Å². The summed E-state index contributed by atoms with van der Waals surface area (Å²) in [6, 6.07) is 0.879. The van der Waals surface area contributed by atoms with Crippen LogP contribution in [-0.2, 0) is 0 Å². The molecule has 0 spiro atoms. The van der Waals surface area contributed by atoms with Crippen molar-refractivity contribution in [1.82, 2.24) is 4.98 Å². The third kappa shape index (κ3) is 2.10. The smallest absolute Gasteiger partial charge is 0.271 e. The van der Waals surface area contributed by atoms with Crippen molar-refractivity contribution >= 4 is 34.3 Å². The average Bonchev–Trinajstić information content (AvgIpc) is 2.08. The van der Waals surface area contributed by atoms with Gasteiger partial charge in [-0.25, -0.2) is 13.8 Å². The van der Waals surface area contributed by atoms with Crippen molar-refractivity contribution in [3.63, 3.8) is 0 Å². The number of aromatic nitrogens is 1. The molecule has 0 amide bonds. The van der Waals surface area contributed by atoms with Gasteiger partial charge in [0.25, 0.3) is 11.7 Å². The fourth-order valence-corrected chi connectivity index (χ4v) is 1.15. The molecule has 0 saturated carbocycles. The molecule has 0 bridgehead atoms. The van der Waals surface area contributed by atoms with Gasteiger partial charge in [0.15, 0.2) is 0 Å². The topological polar surface area (TPSA) is 56.0 Å². The highest BCUT2D eigenvalue weighted by molar-refractivity contribution is 6.67. The molecule has 0 aromatic carbocycles. The largest absolute Gasteiger partial charge is 0.382 e. The van der Waals surface area contributed by atoms with E-state index in [0.717, 1.165) is 6.07 Å². The fraction of sp³-hybridized carbons (Fsp3) is 0.143. The molecule has 1 aromatic heterocycles. The number of anilines is 1. The van der Waals surface area contributed by atoms with Crippen LogP contribution in [0.3, 0.4) is 0 Å². The highest BCUT2D eigenvalue weighted by atomic mass is 35.5. The van der Waals surface area contributed by atoms with Crippen LogP contribution in [0.25, 0.3) is 0 Å². The maximum absolute atomic E-state index is 12.3. The second-order valence-corrected chi connectivity index (χ2v) is 3.12. The molecular weight excluding hydrogens is 237 g/mol. The number of nitrogen functional groups attached to an aromatic ring is 1. The van der Waals surface area contributed by atoms with Crippen LogP contribution in [0.5, 0.6) is 0 Å². The standard InChI is InChI=1S/C7H4Cl2F2N2O/c8-3-1-2(6(10)11)4(5(9)14)13-7(3)12/h1,6H,(H2,12,13). The maximum Gasteiger partial charge on any atom is 0.271 e. The van der Waals surface area contributed by atoms with Gasteiger partial charge in [-0.3, -0.25) is 4.79 Å². The third-order valence-corrected chi connectivity index (χ3v) is 1.94. The van der Waals surface area contributed by atoms with E-state index >= 15 is 0 Å². The lowest BCUT2D eigenvalue weighted by Crippen LogP contribution is -2.05. The number of pyridine rings is 1. The van der Waals surface area contributed by atoms with Gasteiger partial charge in [-0.1, -0.05) is 11.6 Å². The zero-order valence-corrected chi connectivity index (χ0v) is 8.11. The Morgan fingerprint density at radius 2 is 2.14 bits per heavy atom. The number of rotatable bonds is 2. The van der Waals surface area contributed by atoms with Crippen LogP contribution >= 0.6 is 23.2 Å². The molecule has 1 heterocycles. The number of alkyl halides is 2. The predicted octanol–water partition coefficient (Wildman–Crippen LogP) is 2.63. The van der Waals surface area contributed by atoms with Gasteiger partial charge in [0.1, 0.15) is 11.5 Å². The van der Waals surface area contributed by atoms with E-state index in [-0.39, 0.29) is 10.8 Å². The molecule has 76 valence electrons. The van der Waals surface area contributed by atoms with Crippen molar-refractivity contribution in [3.8, 4) is 0 Å². The minimum Gasteiger partial charge on any atom is -0.382 e. The van der Waals surface area contributed by atoms with Gasteiger partial charge in [-0.15, -0.1) is 0 Å². The lowest BCUT2D eigenvalue weighted by Gasteiger charge is -2.06. The van der Waals surface area contributed by atoms with Crippen LogP contribution in [0.1, 0.15) is 22.5 Å².